The minimum Gasteiger partial charge on any atom is -0.348 e. The fraction of sp³-hybridized carbons (Fsp3) is 0.148. The van der Waals surface area contributed by atoms with Gasteiger partial charge in [0.1, 0.15) is 0 Å². The number of nitrogens with one attached hydrogen (secondary N) is 2. The fourth-order valence-corrected chi connectivity index (χ4v) is 4.04. The Labute approximate surface area is 186 Å². The molecule has 0 saturated heterocycles. The van der Waals surface area contributed by atoms with Crippen molar-refractivity contribution in [1.29, 1.82) is 0 Å². The van der Waals surface area contributed by atoms with Crippen molar-refractivity contribution < 1.29 is 9.59 Å². The summed E-state index contributed by atoms with van der Waals surface area (Å²) >= 11 is 0. The molecule has 1 heterocycles. The molecule has 2 atom stereocenters. The van der Waals surface area contributed by atoms with Crippen molar-refractivity contribution in [1.82, 2.24) is 10.3 Å². The molecule has 1 saturated carbocycles. The van der Waals surface area contributed by atoms with Crippen LogP contribution in [0.2, 0.25) is 0 Å². The summed E-state index contributed by atoms with van der Waals surface area (Å²) in [6.07, 6.45) is 4.34. The Morgan fingerprint density at radius 2 is 1.78 bits per heavy atom. The molecule has 2 amide bonds. The number of aromatic nitrogens is 1. The van der Waals surface area contributed by atoms with E-state index < -0.39 is 0 Å². The summed E-state index contributed by atoms with van der Waals surface area (Å²) in [5, 5.41) is 8.07. The van der Waals surface area contributed by atoms with E-state index >= 15 is 0 Å². The van der Waals surface area contributed by atoms with Crippen LogP contribution in [0.15, 0.2) is 91.3 Å². The van der Waals surface area contributed by atoms with Gasteiger partial charge in [0.05, 0.1) is 0 Å². The number of amides is 2. The topological polar surface area (TPSA) is 71.1 Å². The average molecular weight is 422 g/mol. The quantitative estimate of drug-likeness (QED) is 0.465. The first kappa shape index (κ1) is 19.9. The van der Waals surface area contributed by atoms with E-state index in [1.165, 1.54) is 0 Å². The summed E-state index contributed by atoms with van der Waals surface area (Å²) in [4.78, 5) is 29.5. The van der Waals surface area contributed by atoms with Crippen LogP contribution in [0.4, 0.5) is 5.69 Å². The molecule has 1 fully saturated rings. The number of benzene rings is 3. The molecular weight excluding hydrogens is 398 g/mol. The molecule has 32 heavy (non-hydrogen) atoms. The predicted molar refractivity (Wildman–Crippen MR) is 125 cm³/mol. The second-order valence-electron chi connectivity index (χ2n) is 8.17. The smallest absolute Gasteiger partial charge is 0.251 e. The maximum absolute atomic E-state index is 12.8. The van der Waals surface area contributed by atoms with Crippen molar-refractivity contribution in [3.8, 4) is 0 Å². The van der Waals surface area contributed by atoms with Gasteiger partial charge < -0.3 is 10.6 Å². The standard InChI is InChI=1S/C27H23N3O2/c31-26(29-16-18-5-2-1-3-6-18)21-8-4-7-20(13-21)24-15-25(24)27(32)30-23-10-9-22-17-28-12-11-19(22)14-23/h1-14,17,24-25H,15-16H2,(H,29,31)(H,30,32)/t24-,25+/m0/s1. The molecule has 0 spiro atoms. The van der Waals surface area contributed by atoms with Gasteiger partial charge in [-0.3, -0.25) is 14.6 Å². The molecule has 1 aliphatic rings. The molecule has 0 aliphatic heterocycles. The van der Waals surface area contributed by atoms with Crippen molar-refractivity contribution >= 4 is 28.3 Å². The third kappa shape index (κ3) is 4.37. The Kier molecular flexibility index (Phi) is 5.38. The molecule has 158 valence electrons. The number of pyridine rings is 1. The summed E-state index contributed by atoms with van der Waals surface area (Å²) in [6.45, 7) is 0.486. The molecule has 5 rings (SSSR count). The van der Waals surface area contributed by atoms with Crippen molar-refractivity contribution in [3.05, 3.63) is 108 Å². The van der Waals surface area contributed by atoms with Crippen LogP contribution in [0.3, 0.4) is 0 Å². The zero-order valence-electron chi connectivity index (χ0n) is 17.5. The first-order valence-corrected chi connectivity index (χ1v) is 10.7. The summed E-state index contributed by atoms with van der Waals surface area (Å²) in [5.41, 5.74) is 3.49. The van der Waals surface area contributed by atoms with Crippen LogP contribution in [-0.2, 0) is 11.3 Å². The first-order valence-electron chi connectivity index (χ1n) is 10.7. The number of carbonyl (C=O) groups is 2. The largest absolute Gasteiger partial charge is 0.348 e. The molecule has 1 aliphatic carbocycles. The van der Waals surface area contributed by atoms with Gasteiger partial charge in [-0.15, -0.1) is 0 Å². The maximum atomic E-state index is 12.8. The lowest BCUT2D eigenvalue weighted by Crippen LogP contribution is -2.22. The van der Waals surface area contributed by atoms with Crippen molar-refractivity contribution in [2.24, 2.45) is 5.92 Å². The molecule has 4 aromatic rings. The van der Waals surface area contributed by atoms with Crippen LogP contribution in [0.5, 0.6) is 0 Å². The highest BCUT2D eigenvalue weighted by Crippen LogP contribution is 2.48. The SMILES string of the molecule is O=C(NCc1ccccc1)c1cccc([C@@H]2C[C@H]2C(=O)Nc2ccc3cnccc3c2)c1. The molecule has 0 bridgehead atoms. The van der Waals surface area contributed by atoms with E-state index in [-0.39, 0.29) is 23.7 Å². The highest BCUT2D eigenvalue weighted by Gasteiger charge is 2.44. The summed E-state index contributed by atoms with van der Waals surface area (Å²) in [5.74, 6) is -0.0300. The van der Waals surface area contributed by atoms with E-state index in [1.807, 2.05) is 78.9 Å². The van der Waals surface area contributed by atoms with Crippen LogP contribution in [0, 0.1) is 5.92 Å². The number of anilines is 1. The highest BCUT2D eigenvalue weighted by atomic mass is 16.2. The Morgan fingerprint density at radius 1 is 0.906 bits per heavy atom. The highest BCUT2D eigenvalue weighted by molar-refractivity contribution is 5.98. The lowest BCUT2D eigenvalue weighted by molar-refractivity contribution is -0.117. The zero-order valence-corrected chi connectivity index (χ0v) is 17.5. The average Bonchev–Trinajstić information content (AvgIpc) is 3.65. The van der Waals surface area contributed by atoms with Gasteiger partial charge in [-0.05, 0) is 59.2 Å². The van der Waals surface area contributed by atoms with Gasteiger partial charge in [-0.2, -0.15) is 0 Å². The van der Waals surface area contributed by atoms with Gasteiger partial charge >= 0.3 is 0 Å². The predicted octanol–water partition coefficient (Wildman–Crippen LogP) is 4.91. The molecule has 2 N–H and O–H groups in total. The zero-order chi connectivity index (χ0) is 21.9. The minimum absolute atomic E-state index is 0.0161. The summed E-state index contributed by atoms with van der Waals surface area (Å²) < 4.78 is 0. The molecule has 1 aromatic heterocycles. The number of fused-ring (bicyclic) bond motifs is 1. The molecular formula is C27H23N3O2. The van der Waals surface area contributed by atoms with E-state index in [0.717, 1.165) is 34.0 Å². The minimum atomic E-state index is -0.108. The Balaban J connectivity index is 1.21. The van der Waals surface area contributed by atoms with Crippen molar-refractivity contribution in [3.63, 3.8) is 0 Å². The fourth-order valence-electron chi connectivity index (χ4n) is 4.04. The maximum Gasteiger partial charge on any atom is 0.251 e. The Hall–Kier alpha value is -3.99. The molecule has 3 aromatic carbocycles. The van der Waals surface area contributed by atoms with Gasteiger partial charge in [0.25, 0.3) is 5.91 Å². The number of rotatable bonds is 6. The van der Waals surface area contributed by atoms with E-state index in [1.54, 1.807) is 12.4 Å². The second kappa shape index (κ2) is 8.63. The number of hydrogen-bond acceptors (Lipinski definition) is 3. The first-order chi connectivity index (χ1) is 15.7. The lowest BCUT2D eigenvalue weighted by Gasteiger charge is -2.08. The van der Waals surface area contributed by atoms with Gasteiger partial charge in [-0.25, -0.2) is 0 Å². The normalized spacial score (nSPS) is 17.0. The lowest BCUT2D eigenvalue weighted by atomic mass is 10.0. The number of carbonyl (C=O) groups excluding carboxylic acids is 2. The number of hydrogen-bond donors (Lipinski definition) is 2. The summed E-state index contributed by atoms with van der Waals surface area (Å²) in [7, 11) is 0. The van der Waals surface area contributed by atoms with Crippen molar-refractivity contribution in [2.75, 3.05) is 5.32 Å². The molecule has 0 unspecified atom stereocenters. The third-order valence-electron chi connectivity index (χ3n) is 5.91. The summed E-state index contributed by atoms with van der Waals surface area (Å²) in [6, 6.07) is 25.2. The Morgan fingerprint density at radius 3 is 2.66 bits per heavy atom. The van der Waals surface area contributed by atoms with Crippen LogP contribution >= 0.6 is 0 Å². The van der Waals surface area contributed by atoms with E-state index in [2.05, 4.69) is 15.6 Å². The van der Waals surface area contributed by atoms with Gasteiger partial charge in [-0.1, -0.05) is 48.5 Å². The third-order valence-corrected chi connectivity index (χ3v) is 5.91. The van der Waals surface area contributed by atoms with Gasteiger partial charge in [0, 0.05) is 41.5 Å². The number of nitrogens with zero attached hydrogens (tertiary/aromatic N) is 1. The Bertz CT molecular complexity index is 1290. The van der Waals surface area contributed by atoms with E-state index in [0.29, 0.717) is 12.1 Å². The van der Waals surface area contributed by atoms with Crippen LogP contribution in [-0.4, -0.2) is 16.8 Å². The van der Waals surface area contributed by atoms with Crippen LogP contribution in [0.1, 0.15) is 33.8 Å². The van der Waals surface area contributed by atoms with Crippen LogP contribution in [0.25, 0.3) is 10.8 Å². The van der Waals surface area contributed by atoms with Crippen LogP contribution < -0.4 is 10.6 Å². The van der Waals surface area contributed by atoms with Crippen molar-refractivity contribution in [2.45, 2.75) is 18.9 Å². The van der Waals surface area contributed by atoms with E-state index in [4.69, 9.17) is 0 Å². The monoisotopic (exact) mass is 421 g/mol. The van der Waals surface area contributed by atoms with Gasteiger partial charge in [0.2, 0.25) is 5.91 Å². The second-order valence-corrected chi connectivity index (χ2v) is 8.17. The van der Waals surface area contributed by atoms with Gasteiger partial charge in [0.15, 0.2) is 0 Å². The molecule has 0 radical (unpaired) electrons. The molecule has 5 heteroatoms. The molecule has 5 nitrogen and oxygen atoms in total. The van der Waals surface area contributed by atoms with E-state index in [9.17, 15) is 9.59 Å².